The number of thiophene rings is 1. The fraction of sp³-hybridized carbons (Fsp3) is 0.750. The lowest BCUT2D eigenvalue weighted by atomic mass is 9.63. The molecule has 2 N–H and O–H groups in total. The number of hydrogen-bond donors (Lipinski definition) is 1. The third-order valence-electron chi connectivity index (χ3n) is 5.10. The van der Waals surface area contributed by atoms with Crippen LogP contribution in [0.5, 0.6) is 0 Å². The minimum absolute atomic E-state index is 0.180. The van der Waals surface area contributed by atoms with Crippen molar-refractivity contribution in [3.8, 4) is 0 Å². The van der Waals surface area contributed by atoms with E-state index in [2.05, 4.69) is 50.2 Å². The fourth-order valence-corrected chi connectivity index (χ4v) is 4.50. The molecule has 2 unspecified atom stereocenters. The van der Waals surface area contributed by atoms with Crippen molar-refractivity contribution in [3.05, 3.63) is 22.4 Å². The molecule has 2 rings (SSSR count). The summed E-state index contributed by atoms with van der Waals surface area (Å²) in [6, 6.07) is 4.36. The van der Waals surface area contributed by atoms with Crippen molar-refractivity contribution in [1.29, 1.82) is 0 Å². The molecule has 0 bridgehead atoms. The second kappa shape index (κ2) is 5.55. The van der Waals surface area contributed by atoms with Crippen LogP contribution in [0.2, 0.25) is 0 Å². The van der Waals surface area contributed by atoms with Crippen LogP contribution in [0.3, 0.4) is 0 Å². The van der Waals surface area contributed by atoms with E-state index in [-0.39, 0.29) is 5.54 Å². The number of rotatable bonds is 4. The average molecular weight is 280 g/mol. The first-order valence-corrected chi connectivity index (χ1v) is 8.21. The van der Waals surface area contributed by atoms with Gasteiger partial charge in [0.25, 0.3) is 0 Å². The molecule has 0 aromatic carbocycles. The maximum absolute atomic E-state index is 6.21. The predicted molar refractivity (Wildman–Crippen MR) is 84.4 cm³/mol. The standard InChI is InChI=1S/C16H28N2S/c1-13-10-15(2,3)7-8-16(13,12-17)18(4)11-14-6-5-9-19-14/h5-6,9,13H,7-8,10-12,17H2,1-4H3. The van der Waals surface area contributed by atoms with Crippen molar-refractivity contribution in [1.82, 2.24) is 4.90 Å². The Hall–Kier alpha value is -0.380. The van der Waals surface area contributed by atoms with Crippen LogP contribution in [-0.4, -0.2) is 24.0 Å². The molecule has 0 spiro atoms. The Morgan fingerprint density at radius 2 is 2.16 bits per heavy atom. The Bertz CT molecular complexity index is 399. The first kappa shape index (κ1) is 15.0. The van der Waals surface area contributed by atoms with Crippen LogP contribution in [0.4, 0.5) is 0 Å². The SMILES string of the molecule is CC1CC(C)(C)CCC1(CN)N(C)Cc1cccs1. The second-order valence-electron chi connectivity index (χ2n) is 7.01. The maximum Gasteiger partial charge on any atom is 0.0358 e. The molecule has 1 aliphatic rings. The van der Waals surface area contributed by atoms with Crippen molar-refractivity contribution in [2.24, 2.45) is 17.1 Å². The third-order valence-corrected chi connectivity index (χ3v) is 5.96. The summed E-state index contributed by atoms with van der Waals surface area (Å²) >= 11 is 1.84. The molecular formula is C16H28N2S. The number of hydrogen-bond acceptors (Lipinski definition) is 3. The zero-order valence-corrected chi connectivity index (χ0v) is 13.6. The average Bonchev–Trinajstić information content (AvgIpc) is 2.81. The zero-order valence-electron chi connectivity index (χ0n) is 12.8. The highest BCUT2D eigenvalue weighted by Crippen LogP contribution is 2.46. The summed E-state index contributed by atoms with van der Waals surface area (Å²) in [5, 5.41) is 2.16. The molecular weight excluding hydrogens is 252 g/mol. The normalized spacial score (nSPS) is 30.7. The monoisotopic (exact) mass is 280 g/mol. The molecule has 1 aromatic heterocycles. The van der Waals surface area contributed by atoms with Crippen molar-refractivity contribution in [2.75, 3.05) is 13.6 Å². The van der Waals surface area contributed by atoms with E-state index < -0.39 is 0 Å². The van der Waals surface area contributed by atoms with Gasteiger partial charge in [0, 0.05) is 23.5 Å². The van der Waals surface area contributed by atoms with Crippen molar-refractivity contribution < 1.29 is 0 Å². The lowest BCUT2D eigenvalue weighted by Crippen LogP contribution is -2.59. The van der Waals surface area contributed by atoms with Gasteiger partial charge in [-0.15, -0.1) is 11.3 Å². The van der Waals surface area contributed by atoms with Gasteiger partial charge in [0.2, 0.25) is 0 Å². The van der Waals surface area contributed by atoms with Gasteiger partial charge in [0.05, 0.1) is 0 Å². The van der Waals surface area contributed by atoms with Crippen LogP contribution in [0.15, 0.2) is 17.5 Å². The number of nitrogens with zero attached hydrogens (tertiary/aromatic N) is 1. The van der Waals surface area contributed by atoms with Crippen molar-refractivity contribution >= 4 is 11.3 Å². The Balaban J connectivity index is 2.13. The Labute approximate surface area is 122 Å². The van der Waals surface area contributed by atoms with Crippen LogP contribution < -0.4 is 5.73 Å². The molecule has 0 aliphatic heterocycles. The van der Waals surface area contributed by atoms with Crippen LogP contribution in [0.1, 0.15) is 44.9 Å². The number of likely N-dealkylation sites (N-methyl/N-ethyl adjacent to an activating group) is 1. The molecule has 1 aromatic rings. The van der Waals surface area contributed by atoms with Crippen molar-refractivity contribution in [2.45, 2.75) is 52.1 Å². The third kappa shape index (κ3) is 3.04. The smallest absolute Gasteiger partial charge is 0.0358 e. The van der Waals surface area contributed by atoms with Crippen LogP contribution in [0.25, 0.3) is 0 Å². The van der Waals surface area contributed by atoms with E-state index in [0.29, 0.717) is 11.3 Å². The van der Waals surface area contributed by atoms with E-state index in [1.165, 1.54) is 24.1 Å². The summed E-state index contributed by atoms with van der Waals surface area (Å²) < 4.78 is 0. The van der Waals surface area contributed by atoms with Gasteiger partial charge in [-0.05, 0) is 49.1 Å². The van der Waals surface area contributed by atoms with Gasteiger partial charge in [-0.3, -0.25) is 4.90 Å². The summed E-state index contributed by atoms with van der Waals surface area (Å²) in [6.45, 7) is 8.97. The van der Waals surface area contributed by atoms with Gasteiger partial charge in [-0.25, -0.2) is 0 Å². The van der Waals surface area contributed by atoms with E-state index >= 15 is 0 Å². The Morgan fingerprint density at radius 1 is 1.42 bits per heavy atom. The zero-order chi connectivity index (χ0) is 14.1. The first-order valence-electron chi connectivity index (χ1n) is 7.33. The Kier molecular flexibility index (Phi) is 4.38. The molecule has 19 heavy (non-hydrogen) atoms. The van der Waals surface area contributed by atoms with E-state index in [9.17, 15) is 0 Å². The molecule has 0 saturated heterocycles. The minimum Gasteiger partial charge on any atom is -0.329 e. The van der Waals surface area contributed by atoms with E-state index in [0.717, 1.165) is 13.1 Å². The van der Waals surface area contributed by atoms with Gasteiger partial charge < -0.3 is 5.73 Å². The van der Waals surface area contributed by atoms with E-state index in [1.54, 1.807) is 0 Å². The number of nitrogens with two attached hydrogens (primary N) is 1. The highest BCUT2D eigenvalue weighted by atomic mass is 32.1. The van der Waals surface area contributed by atoms with Gasteiger partial charge >= 0.3 is 0 Å². The first-order chi connectivity index (χ1) is 8.89. The van der Waals surface area contributed by atoms with Gasteiger partial charge in [-0.2, -0.15) is 0 Å². The van der Waals surface area contributed by atoms with Crippen molar-refractivity contribution in [3.63, 3.8) is 0 Å². The van der Waals surface area contributed by atoms with Crippen LogP contribution in [-0.2, 0) is 6.54 Å². The van der Waals surface area contributed by atoms with Gasteiger partial charge in [-0.1, -0.05) is 26.8 Å². The highest BCUT2D eigenvalue weighted by Gasteiger charge is 2.45. The topological polar surface area (TPSA) is 29.3 Å². The summed E-state index contributed by atoms with van der Waals surface area (Å²) in [5.74, 6) is 0.659. The lowest BCUT2D eigenvalue weighted by Gasteiger charge is -2.52. The minimum atomic E-state index is 0.180. The molecule has 3 heteroatoms. The molecule has 0 radical (unpaired) electrons. The largest absolute Gasteiger partial charge is 0.329 e. The molecule has 2 atom stereocenters. The lowest BCUT2D eigenvalue weighted by molar-refractivity contribution is -0.0112. The second-order valence-corrected chi connectivity index (χ2v) is 8.04. The van der Waals surface area contributed by atoms with Gasteiger partial charge in [0.1, 0.15) is 0 Å². The highest BCUT2D eigenvalue weighted by molar-refractivity contribution is 7.09. The summed E-state index contributed by atoms with van der Waals surface area (Å²) in [5.41, 5.74) is 6.86. The Morgan fingerprint density at radius 3 is 2.68 bits per heavy atom. The summed E-state index contributed by atoms with van der Waals surface area (Å²) in [7, 11) is 2.25. The molecule has 0 amide bonds. The quantitative estimate of drug-likeness (QED) is 0.910. The molecule has 1 fully saturated rings. The van der Waals surface area contributed by atoms with E-state index in [1.807, 2.05) is 11.3 Å². The van der Waals surface area contributed by atoms with Gasteiger partial charge in [0.15, 0.2) is 0 Å². The summed E-state index contributed by atoms with van der Waals surface area (Å²) in [4.78, 5) is 3.95. The van der Waals surface area contributed by atoms with E-state index in [4.69, 9.17) is 5.73 Å². The molecule has 1 aliphatic carbocycles. The fourth-order valence-electron chi connectivity index (χ4n) is 3.74. The molecule has 1 saturated carbocycles. The molecule has 2 nitrogen and oxygen atoms in total. The maximum atomic E-state index is 6.21. The molecule has 1 heterocycles. The van der Waals surface area contributed by atoms with Crippen LogP contribution >= 0.6 is 11.3 Å². The summed E-state index contributed by atoms with van der Waals surface area (Å²) in [6.07, 6.45) is 3.78. The molecule has 108 valence electrons. The van der Waals surface area contributed by atoms with Crippen LogP contribution in [0, 0.1) is 11.3 Å². The predicted octanol–water partition coefficient (Wildman–Crippen LogP) is 3.72.